The van der Waals surface area contributed by atoms with Crippen LogP contribution in [0.2, 0.25) is 0 Å². The highest BCUT2D eigenvalue weighted by atomic mass is 16.5. The third kappa shape index (κ3) is 4.42. The first-order valence-corrected chi connectivity index (χ1v) is 10.1. The summed E-state index contributed by atoms with van der Waals surface area (Å²) in [5.74, 6) is 1.16. The first kappa shape index (κ1) is 20.6. The zero-order chi connectivity index (χ0) is 22.0. The van der Waals surface area contributed by atoms with Gasteiger partial charge in [-0.1, -0.05) is 5.16 Å². The molecule has 31 heavy (non-hydrogen) atoms. The molecule has 1 aliphatic rings. The minimum Gasteiger partial charge on any atom is -0.497 e. The average molecular weight is 420 g/mol. The van der Waals surface area contributed by atoms with E-state index in [2.05, 4.69) is 15.5 Å². The molecule has 0 unspecified atom stereocenters. The Kier molecular flexibility index (Phi) is 5.70. The summed E-state index contributed by atoms with van der Waals surface area (Å²) in [6.07, 6.45) is 0.248. The summed E-state index contributed by atoms with van der Waals surface area (Å²) in [4.78, 5) is 30.8. The quantitative estimate of drug-likeness (QED) is 0.654. The van der Waals surface area contributed by atoms with Crippen LogP contribution in [0.25, 0.3) is 22.8 Å². The number of methoxy groups -OCH3 is 1. The van der Waals surface area contributed by atoms with Crippen molar-refractivity contribution in [1.29, 1.82) is 0 Å². The molecular formula is C23H24N4O4. The second kappa shape index (κ2) is 8.59. The van der Waals surface area contributed by atoms with Gasteiger partial charge in [-0.25, -0.2) is 0 Å². The normalized spacial score (nSPS) is 16.1. The van der Waals surface area contributed by atoms with Gasteiger partial charge in [0.2, 0.25) is 17.6 Å². The maximum Gasteiger partial charge on any atom is 0.258 e. The Morgan fingerprint density at radius 2 is 1.81 bits per heavy atom. The molecule has 1 N–H and O–H groups in total. The van der Waals surface area contributed by atoms with Gasteiger partial charge < -0.3 is 19.5 Å². The molecule has 4 rings (SSSR count). The molecule has 1 fully saturated rings. The third-order valence-electron chi connectivity index (χ3n) is 5.33. The van der Waals surface area contributed by atoms with Crippen LogP contribution in [0.3, 0.4) is 0 Å². The molecule has 8 heteroatoms. The van der Waals surface area contributed by atoms with Gasteiger partial charge in [-0.3, -0.25) is 9.59 Å². The fourth-order valence-corrected chi connectivity index (χ4v) is 3.54. The number of carbonyl (C=O) groups is 2. The highest BCUT2D eigenvalue weighted by Crippen LogP contribution is 2.26. The molecule has 0 radical (unpaired) electrons. The lowest BCUT2D eigenvalue weighted by molar-refractivity contribution is -0.129. The molecule has 3 aromatic rings. The maximum absolute atomic E-state index is 12.5. The lowest BCUT2D eigenvalue weighted by atomic mass is 10.1. The van der Waals surface area contributed by atoms with E-state index >= 15 is 0 Å². The van der Waals surface area contributed by atoms with Crippen LogP contribution in [0.5, 0.6) is 5.75 Å². The Hall–Kier alpha value is -3.68. The lowest BCUT2D eigenvalue weighted by Gasteiger charge is -2.20. The van der Waals surface area contributed by atoms with Gasteiger partial charge in [0.05, 0.1) is 13.0 Å². The second-order valence-electron chi connectivity index (χ2n) is 7.76. The van der Waals surface area contributed by atoms with E-state index in [-0.39, 0.29) is 30.2 Å². The molecule has 0 saturated carbocycles. The fraction of sp³-hybridized carbons (Fsp3) is 0.304. The molecule has 1 aromatic heterocycles. The monoisotopic (exact) mass is 420 g/mol. The summed E-state index contributed by atoms with van der Waals surface area (Å²) in [7, 11) is 1.61. The lowest BCUT2D eigenvalue weighted by Crippen LogP contribution is -2.33. The van der Waals surface area contributed by atoms with E-state index in [0.717, 1.165) is 16.9 Å². The topological polar surface area (TPSA) is 97.6 Å². The van der Waals surface area contributed by atoms with E-state index in [1.54, 1.807) is 36.3 Å². The number of amides is 2. The van der Waals surface area contributed by atoms with Crippen LogP contribution in [0, 0.1) is 5.92 Å². The summed E-state index contributed by atoms with van der Waals surface area (Å²) >= 11 is 0. The number of nitrogens with one attached hydrogen (secondary N) is 1. The zero-order valence-electron chi connectivity index (χ0n) is 17.7. The minimum absolute atomic E-state index is 0.0227. The van der Waals surface area contributed by atoms with Crippen LogP contribution in [-0.2, 0) is 9.59 Å². The van der Waals surface area contributed by atoms with Crippen LogP contribution in [0.4, 0.5) is 5.69 Å². The number of hydrogen-bond donors (Lipinski definition) is 1. The Balaban J connectivity index is 1.41. The largest absolute Gasteiger partial charge is 0.497 e. The summed E-state index contributed by atoms with van der Waals surface area (Å²) in [6, 6.07) is 14.7. The SMILES string of the molecule is COc1ccc(-c2noc(-c3ccc(NC(=O)[C@@H]4CC(=O)N(C(C)C)C4)cc3)n2)cc1. The van der Waals surface area contributed by atoms with Gasteiger partial charge in [0, 0.05) is 35.8 Å². The minimum atomic E-state index is -0.336. The second-order valence-corrected chi connectivity index (χ2v) is 7.76. The number of anilines is 1. The smallest absolute Gasteiger partial charge is 0.258 e. The molecule has 0 spiro atoms. The number of likely N-dealkylation sites (tertiary alicyclic amines) is 1. The van der Waals surface area contributed by atoms with Crippen LogP contribution >= 0.6 is 0 Å². The summed E-state index contributed by atoms with van der Waals surface area (Å²) in [5, 5.41) is 6.92. The number of nitrogens with zero attached hydrogens (tertiary/aromatic N) is 3. The number of aromatic nitrogens is 2. The number of ether oxygens (including phenoxy) is 1. The van der Waals surface area contributed by atoms with Crippen molar-refractivity contribution < 1.29 is 18.8 Å². The maximum atomic E-state index is 12.5. The standard InChI is InChI=1S/C23H24N4O4/c1-14(2)27-13-17(12-20(27)28)22(29)24-18-8-4-16(5-9-18)23-25-21(26-31-23)15-6-10-19(30-3)11-7-15/h4-11,14,17H,12-13H2,1-3H3,(H,24,29)/t17-/m1/s1. The molecule has 1 saturated heterocycles. The van der Waals surface area contributed by atoms with Crippen LogP contribution in [-0.4, -0.2) is 46.6 Å². The fourth-order valence-electron chi connectivity index (χ4n) is 3.54. The Bertz CT molecular complexity index is 1070. The van der Waals surface area contributed by atoms with Gasteiger partial charge in [0.1, 0.15) is 5.75 Å². The molecular weight excluding hydrogens is 396 g/mol. The van der Waals surface area contributed by atoms with Gasteiger partial charge in [-0.2, -0.15) is 4.98 Å². The summed E-state index contributed by atoms with van der Waals surface area (Å²) < 4.78 is 10.5. The molecule has 2 amide bonds. The highest BCUT2D eigenvalue weighted by Gasteiger charge is 2.35. The van der Waals surface area contributed by atoms with Gasteiger partial charge in [0.15, 0.2) is 0 Å². The summed E-state index contributed by atoms with van der Waals surface area (Å²) in [6.45, 7) is 4.36. The van der Waals surface area contributed by atoms with Crippen LogP contribution in [0.1, 0.15) is 20.3 Å². The van der Waals surface area contributed by atoms with Crippen molar-refractivity contribution in [2.75, 3.05) is 19.0 Å². The summed E-state index contributed by atoms with van der Waals surface area (Å²) in [5.41, 5.74) is 2.22. The van der Waals surface area contributed by atoms with Gasteiger partial charge in [-0.05, 0) is 62.4 Å². The predicted molar refractivity (Wildman–Crippen MR) is 115 cm³/mol. The number of hydrogen-bond acceptors (Lipinski definition) is 6. The Morgan fingerprint density at radius 1 is 1.13 bits per heavy atom. The van der Waals surface area contributed by atoms with Crippen molar-refractivity contribution >= 4 is 17.5 Å². The molecule has 1 aliphatic heterocycles. The van der Waals surface area contributed by atoms with Crippen molar-refractivity contribution in [3.8, 4) is 28.6 Å². The predicted octanol–water partition coefficient (Wildman–Crippen LogP) is 3.61. The number of benzene rings is 2. The van der Waals surface area contributed by atoms with E-state index in [1.165, 1.54) is 0 Å². The van der Waals surface area contributed by atoms with Crippen molar-refractivity contribution in [3.63, 3.8) is 0 Å². The van der Waals surface area contributed by atoms with Crippen molar-refractivity contribution in [3.05, 3.63) is 48.5 Å². The van der Waals surface area contributed by atoms with E-state index in [0.29, 0.717) is 23.9 Å². The first-order chi connectivity index (χ1) is 14.9. The van der Waals surface area contributed by atoms with Gasteiger partial charge >= 0.3 is 0 Å². The first-order valence-electron chi connectivity index (χ1n) is 10.1. The van der Waals surface area contributed by atoms with Crippen LogP contribution < -0.4 is 10.1 Å². The van der Waals surface area contributed by atoms with Crippen molar-refractivity contribution in [1.82, 2.24) is 15.0 Å². The van der Waals surface area contributed by atoms with Crippen molar-refractivity contribution in [2.24, 2.45) is 5.92 Å². The van der Waals surface area contributed by atoms with E-state index in [9.17, 15) is 9.59 Å². The molecule has 2 aromatic carbocycles. The van der Waals surface area contributed by atoms with Gasteiger partial charge in [0.25, 0.3) is 5.89 Å². The van der Waals surface area contributed by atoms with Crippen LogP contribution in [0.15, 0.2) is 53.1 Å². The molecule has 8 nitrogen and oxygen atoms in total. The molecule has 1 atom stereocenters. The zero-order valence-corrected chi connectivity index (χ0v) is 17.7. The molecule has 0 aliphatic carbocycles. The average Bonchev–Trinajstić information content (AvgIpc) is 3.42. The highest BCUT2D eigenvalue weighted by molar-refractivity contribution is 5.97. The third-order valence-corrected chi connectivity index (χ3v) is 5.33. The van der Waals surface area contributed by atoms with E-state index in [1.807, 2.05) is 38.1 Å². The Labute approximate surface area is 180 Å². The van der Waals surface area contributed by atoms with E-state index in [4.69, 9.17) is 9.26 Å². The Morgan fingerprint density at radius 3 is 2.42 bits per heavy atom. The molecule has 2 heterocycles. The molecule has 0 bridgehead atoms. The number of carbonyl (C=O) groups excluding carboxylic acids is 2. The molecule has 160 valence electrons. The number of rotatable bonds is 6. The van der Waals surface area contributed by atoms with E-state index < -0.39 is 0 Å². The van der Waals surface area contributed by atoms with Crippen molar-refractivity contribution in [2.45, 2.75) is 26.3 Å². The van der Waals surface area contributed by atoms with Gasteiger partial charge in [-0.15, -0.1) is 0 Å².